The van der Waals surface area contributed by atoms with Crippen molar-refractivity contribution in [3.05, 3.63) is 62.3 Å². The van der Waals surface area contributed by atoms with E-state index in [1.807, 2.05) is 48.3 Å². The Morgan fingerprint density at radius 2 is 2.04 bits per heavy atom. The highest BCUT2D eigenvalue weighted by Gasteiger charge is 2.04. The molecule has 9 nitrogen and oxygen atoms in total. The third kappa shape index (κ3) is 5.37. The van der Waals surface area contributed by atoms with Gasteiger partial charge in [-0.2, -0.15) is 5.10 Å². The summed E-state index contributed by atoms with van der Waals surface area (Å²) < 4.78 is 0. The first kappa shape index (κ1) is 16.9. The second kappa shape index (κ2) is 8.22. The summed E-state index contributed by atoms with van der Waals surface area (Å²) in [5, 5.41) is 11.9. The van der Waals surface area contributed by atoms with Crippen LogP contribution in [0.3, 0.4) is 0 Å². The average molecular weight is 328 g/mol. The monoisotopic (exact) mass is 328 g/mol. The van der Waals surface area contributed by atoms with Gasteiger partial charge in [0.15, 0.2) is 0 Å². The second-order valence-corrected chi connectivity index (χ2v) is 4.80. The largest absolute Gasteiger partial charge is 0.355 e. The molecule has 9 heteroatoms. The highest BCUT2D eigenvalue weighted by molar-refractivity contribution is 5.86. The summed E-state index contributed by atoms with van der Waals surface area (Å²) in [5.74, 6) is -0.625. The fraction of sp³-hybridized carbons (Fsp3) is 0.133. The number of benzene rings is 1. The van der Waals surface area contributed by atoms with Crippen molar-refractivity contribution in [1.29, 1.82) is 0 Å². The van der Waals surface area contributed by atoms with Crippen LogP contribution in [-0.2, 0) is 4.79 Å². The molecule has 2 rings (SSSR count). The standard InChI is InChI=1S/C15H16N6O3/c1-10(7-11-5-3-2-4-6-11)8-17-19-12(22)9-16-13-14(23)18-15(24)21-20-13/h2-8H,9H2,1H3,(H,16,20)(H,19,22)(H2,18,21,23,24)/b10-7-,17-8-. The normalized spacial score (nSPS) is 11.5. The van der Waals surface area contributed by atoms with Crippen molar-refractivity contribution >= 4 is 24.0 Å². The molecule has 124 valence electrons. The van der Waals surface area contributed by atoms with Gasteiger partial charge in [0.05, 0.1) is 12.8 Å². The van der Waals surface area contributed by atoms with Crippen LogP contribution in [0.25, 0.3) is 6.08 Å². The molecule has 0 saturated carbocycles. The quantitative estimate of drug-likeness (QED) is 0.440. The molecule has 1 amide bonds. The van der Waals surface area contributed by atoms with Crippen LogP contribution in [0.5, 0.6) is 0 Å². The van der Waals surface area contributed by atoms with E-state index >= 15 is 0 Å². The molecule has 0 radical (unpaired) electrons. The van der Waals surface area contributed by atoms with Crippen molar-refractivity contribution in [2.75, 3.05) is 11.9 Å². The van der Waals surface area contributed by atoms with Crippen molar-refractivity contribution in [1.82, 2.24) is 20.6 Å². The maximum Gasteiger partial charge on any atom is 0.342 e. The SMILES string of the molecule is CC(/C=N\NC(=O)CNc1n[nH]c(=O)[nH]c1=O)=C/c1ccccc1. The Balaban J connectivity index is 1.83. The van der Waals surface area contributed by atoms with Gasteiger partial charge in [-0.15, -0.1) is 5.10 Å². The molecule has 0 unspecified atom stereocenters. The molecular formula is C15H16N6O3. The summed E-state index contributed by atoms with van der Waals surface area (Å²) >= 11 is 0. The van der Waals surface area contributed by atoms with E-state index in [0.717, 1.165) is 11.1 Å². The van der Waals surface area contributed by atoms with Gasteiger partial charge in [0.25, 0.3) is 11.5 Å². The third-order valence-corrected chi connectivity index (χ3v) is 2.78. The lowest BCUT2D eigenvalue weighted by Gasteiger charge is -2.02. The lowest BCUT2D eigenvalue weighted by Crippen LogP contribution is -2.31. The number of nitrogens with one attached hydrogen (secondary N) is 4. The van der Waals surface area contributed by atoms with Crippen LogP contribution in [0.15, 0.2) is 50.6 Å². The lowest BCUT2D eigenvalue weighted by molar-refractivity contribution is -0.119. The minimum Gasteiger partial charge on any atom is -0.355 e. The maximum atomic E-state index is 11.6. The fourth-order valence-electron chi connectivity index (χ4n) is 1.73. The number of nitrogens with zero attached hydrogens (tertiary/aromatic N) is 2. The molecule has 2 aromatic rings. The number of amides is 1. The number of anilines is 1. The molecule has 1 heterocycles. The number of allylic oxidation sites excluding steroid dienone is 1. The van der Waals surface area contributed by atoms with Crippen molar-refractivity contribution in [3.63, 3.8) is 0 Å². The summed E-state index contributed by atoms with van der Waals surface area (Å²) in [6, 6.07) is 9.69. The highest BCUT2D eigenvalue weighted by Crippen LogP contribution is 2.04. The zero-order valence-electron chi connectivity index (χ0n) is 12.9. The number of hydrogen-bond donors (Lipinski definition) is 4. The number of carbonyl (C=O) groups excluding carboxylic acids is 1. The van der Waals surface area contributed by atoms with E-state index in [2.05, 4.69) is 26.0 Å². The van der Waals surface area contributed by atoms with Gasteiger partial charge in [-0.1, -0.05) is 36.4 Å². The molecule has 0 saturated heterocycles. The Kier molecular flexibility index (Phi) is 5.78. The molecular weight excluding hydrogens is 312 g/mol. The molecule has 4 N–H and O–H groups in total. The summed E-state index contributed by atoms with van der Waals surface area (Å²) in [6.45, 7) is 1.63. The molecule has 0 aliphatic heterocycles. The van der Waals surface area contributed by atoms with E-state index in [0.29, 0.717) is 0 Å². The van der Waals surface area contributed by atoms with Crippen LogP contribution in [-0.4, -0.2) is 33.8 Å². The Morgan fingerprint density at radius 1 is 1.29 bits per heavy atom. The van der Waals surface area contributed by atoms with Gasteiger partial charge in [0, 0.05) is 0 Å². The molecule has 0 bridgehead atoms. The van der Waals surface area contributed by atoms with E-state index < -0.39 is 17.2 Å². The number of carbonyl (C=O) groups is 1. The van der Waals surface area contributed by atoms with Crippen molar-refractivity contribution in [2.24, 2.45) is 5.10 Å². The Bertz CT molecular complexity index is 867. The summed E-state index contributed by atoms with van der Waals surface area (Å²) in [4.78, 5) is 35.8. The van der Waals surface area contributed by atoms with Crippen LogP contribution in [0.1, 0.15) is 12.5 Å². The topological polar surface area (TPSA) is 132 Å². The van der Waals surface area contributed by atoms with Crippen molar-refractivity contribution in [3.8, 4) is 0 Å². The zero-order chi connectivity index (χ0) is 17.4. The van der Waals surface area contributed by atoms with Crippen molar-refractivity contribution in [2.45, 2.75) is 6.92 Å². The maximum absolute atomic E-state index is 11.6. The minimum atomic E-state index is -0.722. The van der Waals surface area contributed by atoms with Gasteiger partial charge < -0.3 is 5.32 Å². The summed E-state index contributed by atoms with van der Waals surface area (Å²) in [7, 11) is 0. The number of aromatic nitrogens is 3. The third-order valence-electron chi connectivity index (χ3n) is 2.78. The summed E-state index contributed by atoms with van der Waals surface area (Å²) in [5.41, 5.74) is 2.76. The van der Waals surface area contributed by atoms with Crippen LogP contribution in [0, 0.1) is 0 Å². The average Bonchev–Trinajstić information content (AvgIpc) is 2.55. The predicted molar refractivity (Wildman–Crippen MR) is 90.7 cm³/mol. The number of hydrogen-bond acceptors (Lipinski definition) is 6. The molecule has 0 aliphatic rings. The predicted octanol–water partition coefficient (Wildman–Crippen LogP) is 0.0756. The fourth-order valence-corrected chi connectivity index (χ4v) is 1.73. The van der Waals surface area contributed by atoms with E-state index in [9.17, 15) is 14.4 Å². The van der Waals surface area contributed by atoms with Gasteiger partial charge in [-0.05, 0) is 18.1 Å². The molecule has 0 fully saturated rings. The Morgan fingerprint density at radius 3 is 2.75 bits per heavy atom. The Hall–Kier alpha value is -3.49. The zero-order valence-corrected chi connectivity index (χ0v) is 12.9. The van der Waals surface area contributed by atoms with E-state index in [1.165, 1.54) is 6.21 Å². The first-order chi connectivity index (χ1) is 11.5. The highest BCUT2D eigenvalue weighted by atomic mass is 16.2. The van der Waals surface area contributed by atoms with Gasteiger partial charge in [0.1, 0.15) is 0 Å². The van der Waals surface area contributed by atoms with Gasteiger partial charge in [0.2, 0.25) is 5.82 Å². The van der Waals surface area contributed by atoms with E-state index in [-0.39, 0.29) is 12.4 Å². The number of hydrazone groups is 1. The minimum absolute atomic E-state index is 0.158. The first-order valence-corrected chi connectivity index (χ1v) is 7.03. The Labute approximate surface area is 136 Å². The summed E-state index contributed by atoms with van der Waals surface area (Å²) in [6.07, 6.45) is 3.42. The van der Waals surface area contributed by atoms with Crippen LogP contribution in [0.4, 0.5) is 5.82 Å². The van der Waals surface area contributed by atoms with Crippen LogP contribution >= 0.6 is 0 Å². The van der Waals surface area contributed by atoms with E-state index in [1.54, 1.807) is 0 Å². The van der Waals surface area contributed by atoms with Crippen molar-refractivity contribution < 1.29 is 4.79 Å². The molecule has 1 aromatic heterocycles. The lowest BCUT2D eigenvalue weighted by atomic mass is 10.1. The smallest absolute Gasteiger partial charge is 0.342 e. The van der Waals surface area contributed by atoms with Gasteiger partial charge >= 0.3 is 5.69 Å². The van der Waals surface area contributed by atoms with Crippen LogP contribution in [0.2, 0.25) is 0 Å². The second-order valence-electron chi connectivity index (χ2n) is 4.80. The molecule has 0 spiro atoms. The first-order valence-electron chi connectivity index (χ1n) is 7.03. The number of aromatic amines is 2. The van der Waals surface area contributed by atoms with Gasteiger partial charge in [-0.25, -0.2) is 15.3 Å². The van der Waals surface area contributed by atoms with E-state index in [4.69, 9.17) is 0 Å². The molecule has 24 heavy (non-hydrogen) atoms. The number of rotatable bonds is 6. The molecule has 0 atom stereocenters. The number of H-pyrrole nitrogens is 2. The molecule has 1 aromatic carbocycles. The van der Waals surface area contributed by atoms with Gasteiger partial charge in [-0.3, -0.25) is 14.6 Å². The van der Waals surface area contributed by atoms with Crippen LogP contribution < -0.4 is 22.0 Å². The molecule has 0 aliphatic carbocycles.